The summed E-state index contributed by atoms with van der Waals surface area (Å²) in [5, 5.41) is 0. The van der Waals surface area contributed by atoms with Crippen LogP contribution in [0, 0.1) is 18.5 Å². The van der Waals surface area contributed by atoms with Crippen LogP contribution in [0.3, 0.4) is 0 Å². The second-order valence-electron chi connectivity index (χ2n) is 12.3. The number of imidazole rings is 1. The monoisotopic (exact) mass is 740 g/mol. The van der Waals surface area contributed by atoms with Crippen molar-refractivity contribution in [1.29, 1.82) is 0 Å². The number of benzene rings is 4. The molecule has 4 nitrogen and oxygen atoms in total. The van der Waals surface area contributed by atoms with Crippen molar-refractivity contribution in [2.24, 2.45) is 0 Å². The molecule has 1 aliphatic heterocycles. The molecule has 6 aromatic rings. The van der Waals surface area contributed by atoms with Gasteiger partial charge in [0.1, 0.15) is 11.3 Å². The predicted molar refractivity (Wildman–Crippen MR) is 166 cm³/mol. The summed E-state index contributed by atoms with van der Waals surface area (Å²) in [5.41, 5.74) is 9.03. The number of hydrogen-bond donors (Lipinski definition) is 0. The molecule has 0 atom stereocenters. The Labute approximate surface area is 267 Å². The van der Waals surface area contributed by atoms with E-state index < -0.39 is 0 Å². The van der Waals surface area contributed by atoms with Crippen LogP contribution in [0.5, 0.6) is 11.5 Å². The number of aromatic nitrogens is 3. The molecule has 214 valence electrons. The minimum atomic E-state index is 0. The van der Waals surface area contributed by atoms with Crippen LogP contribution >= 0.6 is 0 Å². The maximum Gasteiger partial charge on any atom is 3.00 e. The average Bonchev–Trinajstić information content (AvgIpc) is 3.42. The smallest absolute Gasteiger partial charge is 0.523 e. The molecule has 2 aliphatic rings. The van der Waals surface area contributed by atoms with Crippen LogP contribution in [0.1, 0.15) is 51.7 Å². The molecule has 5 heteroatoms. The van der Waals surface area contributed by atoms with Gasteiger partial charge in [0.05, 0.1) is 11.2 Å². The first-order valence-electron chi connectivity index (χ1n) is 14.5. The summed E-state index contributed by atoms with van der Waals surface area (Å²) < 4.78 is 10.9. The van der Waals surface area contributed by atoms with Gasteiger partial charge in [0.2, 0.25) is 0 Å². The van der Waals surface area contributed by atoms with Gasteiger partial charge >= 0.3 is 20.1 Å². The number of ether oxygens (including phenoxy) is 1. The summed E-state index contributed by atoms with van der Waals surface area (Å²) in [6.45, 7) is 9.34. The summed E-state index contributed by atoms with van der Waals surface area (Å²) >= 11 is 0. The molecule has 0 fully saturated rings. The topological polar surface area (TPSA) is 30.9 Å². The summed E-state index contributed by atoms with van der Waals surface area (Å²) in [6.07, 6.45) is 7.68. The van der Waals surface area contributed by atoms with Crippen LogP contribution in [0.2, 0.25) is 0 Å². The average molecular weight is 740 g/mol. The molecule has 43 heavy (non-hydrogen) atoms. The van der Waals surface area contributed by atoms with E-state index in [9.17, 15) is 0 Å². The molecule has 0 saturated heterocycles. The molecule has 1 aliphatic carbocycles. The Morgan fingerprint density at radius 1 is 0.814 bits per heavy atom. The van der Waals surface area contributed by atoms with E-state index in [1.165, 1.54) is 17.5 Å². The van der Waals surface area contributed by atoms with Gasteiger partial charge in [-0.25, -0.2) is 0 Å². The fourth-order valence-corrected chi connectivity index (χ4v) is 6.20. The molecule has 8 rings (SSSR count). The first-order valence-corrected chi connectivity index (χ1v) is 14.5. The maximum absolute atomic E-state index is 6.64. The second kappa shape index (κ2) is 11.2. The van der Waals surface area contributed by atoms with Crippen molar-refractivity contribution in [3.63, 3.8) is 0 Å². The van der Waals surface area contributed by atoms with E-state index in [0.29, 0.717) is 0 Å². The summed E-state index contributed by atoms with van der Waals surface area (Å²) in [4.78, 5) is 4.22. The fourth-order valence-electron chi connectivity index (χ4n) is 6.20. The van der Waals surface area contributed by atoms with Crippen LogP contribution in [-0.2, 0) is 30.9 Å². The van der Waals surface area contributed by atoms with Crippen molar-refractivity contribution in [2.75, 3.05) is 0 Å². The van der Waals surface area contributed by atoms with Gasteiger partial charge in [0, 0.05) is 11.9 Å². The van der Waals surface area contributed by atoms with Gasteiger partial charge in [-0.2, -0.15) is 12.1 Å². The molecule has 2 aromatic heterocycles. The van der Waals surface area contributed by atoms with Crippen LogP contribution in [0.25, 0.3) is 33.7 Å². The first-order chi connectivity index (χ1) is 20.3. The predicted octanol–water partition coefficient (Wildman–Crippen LogP) is 8.51. The third-order valence-electron chi connectivity index (χ3n) is 8.59. The largest absolute Gasteiger partial charge is 3.00 e. The van der Waals surface area contributed by atoms with E-state index in [4.69, 9.17) is 4.74 Å². The van der Waals surface area contributed by atoms with Gasteiger partial charge in [0.25, 0.3) is 6.33 Å². The zero-order chi connectivity index (χ0) is 28.9. The van der Waals surface area contributed by atoms with Crippen molar-refractivity contribution in [3.05, 3.63) is 133 Å². The molecule has 3 heterocycles. The van der Waals surface area contributed by atoms with Crippen molar-refractivity contribution >= 4 is 11.0 Å². The number of rotatable bonds is 2. The van der Waals surface area contributed by atoms with E-state index in [0.717, 1.165) is 51.6 Å². The minimum absolute atomic E-state index is 0. The molecule has 0 unspecified atom stereocenters. The molecule has 0 saturated carbocycles. The van der Waals surface area contributed by atoms with Crippen molar-refractivity contribution in [2.45, 2.75) is 51.4 Å². The van der Waals surface area contributed by atoms with E-state index >= 15 is 0 Å². The Morgan fingerprint density at radius 2 is 1.58 bits per heavy atom. The first kappa shape index (κ1) is 29.0. The SMILES string of the molecule is CC1(C)CCC(C)(C)c2c1c[c-]c1c2Oc2cccc3c2[n+]-1[c-]n3-c1ccccc1.[Ir+3].[c-]1ccccc1-c1ccccn1. The van der Waals surface area contributed by atoms with E-state index in [2.05, 4.69) is 109 Å². The Hall–Kier alpha value is -4.05. The zero-order valence-corrected chi connectivity index (χ0v) is 27.2. The van der Waals surface area contributed by atoms with Crippen molar-refractivity contribution in [1.82, 2.24) is 9.55 Å². The molecule has 0 bridgehead atoms. The molecule has 0 spiro atoms. The quantitative estimate of drug-likeness (QED) is 0.132. The van der Waals surface area contributed by atoms with Crippen LogP contribution in [-0.4, -0.2) is 9.55 Å². The number of hydrogen-bond acceptors (Lipinski definition) is 2. The van der Waals surface area contributed by atoms with E-state index in [1.807, 2.05) is 48.5 Å². The van der Waals surface area contributed by atoms with Crippen LogP contribution in [0.4, 0.5) is 0 Å². The Kier molecular flexibility index (Phi) is 7.58. The molecule has 0 amide bonds. The number of nitrogens with zero attached hydrogens (tertiary/aromatic N) is 3. The molecule has 0 radical (unpaired) electrons. The van der Waals surface area contributed by atoms with Crippen molar-refractivity contribution < 1.29 is 29.4 Å². The van der Waals surface area contributed by atoms with Gasteiger partial charge in [-0.3, -0.25) is 4.57 Å². The Morgan fingerprint density at radius 3 is 2.33 bits per heavy atom. The van der Waals surface area contributed by atoms with Gasteiger partial charge in [-0.15, -0.1) is 47.0 Å². The van der Waals surface area contributed by atoms with Crippen LogP contribution < -0.4 is 9.30 Å². The normalized spacial score (nSPS) is 15.2. The van der Waals surface area contributed by atoms with Gasteiger partial charge in [-0.05, 0) is 47.5 Å². The Balaban J connectivity index is 0.000000213. The molecular weight excluding hydrogens is 707 g/mol. The minimum Gasteiger partial charge on any atom is -0.523 e. The standard InChI is InChI=1S/C27H25N2O.C11H8N.Ir/c1-26(2)15-16-27(3,4)23-19(26)13-14-21-25(23)30-22-12-8-11-20-24(22)29(21)17-28(20)18-9-6-5-7-10-18;1-2-6-10(7-3-1)11-8-4-5-9-12-11;/h5-13H,15-16H2,1-4H3;1-6,8-9H;/q2*-1;+3. The molecule has 4 aromatic carbocycles. The number of fused-ring (bicyclic) bond motifs is 4. The number of para-hydroxylation sites is 2. The number of pyridine rings is 1. The second-order valence-corrected chi connectivity index (χ2v) is 12.3. The third-order valence-corrected chi connectivity index (χ3v) is 8.59. The third kappa shape index (κ3) is 5.11. The summed E-state index contributed by atoms with van der Waals surface area (Å²) in [5.74, 6) is 1.82. The summed E-state index contributed by atoms with van der Waals surface area (Å²) in [7, 11) is 0. The van der Waals surface area contributed by atoms with Crippen LogP contribution in [0.15, 0.2) is 103 Å². The van der Waals surface area contributed by atoms with Gasteiger partial charge in [0.15, 0.2) is 0 Å². The van der Waals surface area contributed by atoms with Gasteiger partial charge < -0.3 is 14.3 Å². The fraction of sp³-hybridized carbons (Fsp3) is 0.211. The molecule has 0 N–H and O–H groups in total. The maximum atomic E-state index is 6.64. The zero-order valence-electron chi connectivity index (χ0n) is 24.8. The summed E-state index contributed by atoms with van der Waals surface area (Å²) in [6, 6.07) is 39.2. The van der Waals surface area contributed by atoms with Crippen molar-refractivity contribution in [3.8, 4) is 34.1 Å². The van der Waals surface area contributed by atoms with Gasteiger partial charge in [-0.1, -0.05) is 82.0 Å². The van der Waals surface area contributed by atoms with E-state index in [-0.39, 0.29) is 30.9 Å². The molecular formula is C38H33IrN3O+. The van der Waals surface area contributed by atoms with E-state index in [1.54, 1.807) is 6.20 Å². The Bertz CT molecular complexity index is 1860.